The minimum Gasteiger partial charge on any atom is -0.347 e. The first kappa shape index (κ1) is 22.6. The van der Waals surface area contributed by atoms with Gasteiger partial charge in [0.2, 0.25) is 17.7 Å². The summed E-state index contributed by atoms with van der Waals surface area (Å²) in [6.45, 7) is 3.56. The van der Waals surface area contributed by atoms with E-state index in [4.69, 9.17) is 0 Å². The first-order chi connectivity index (χ1) is 15.4. The Morgan fingerprint density at radius 2 is 1.81 bits per heavy atom. The molecule has 1 N–H and O–H groups in total. The zero-order valence-electron chi connectivity index (χ0n) is 18.2. The lowest BCUT2D eigenvalue weighted by Gasteiger charge is -2.35. The van der Waals surface area contributed by atoms with E-state index in [0.717, 1.165) is 30.5 Å². The van der Waals surface area contributed by atoms with Crippen molar-refractivity contribution >= 4 is 22.7 Å². The Hall–Kier alpha value is -2.61. The normalized spacial score (nSPS) is 19.8. The summed E-state index contributed by atoms with van der Waals surface area (Å²) in [6, 6.07) is 10.2. The average Bonchev–Trinajstić information content (AvgIpc) is 2.80. The molecule has 0 spiro atoms. The zero-order chi connectivity index (χ0) is 22.6. The summed E-state index contributed by atoms with van der Waals surface area (Å²) in [5.41, 5.74) is 2.21. The van der Waals surface area contributed by atoms with E-state index < -0.39 is 5.92 Å². The van der Waals surface area contributed by atoms with Crippen LogP contribution in [0.3, 0.4) is 0 Å². The minimum atomic E-state index is -2.59. The molecule has 8 heteroatoms. The van der Waals surface area contributed by atoms with Gasteiger partial charge in [-0.3, -0.25) is 19.5 Å². The van der Waals surface area contributed by atoms with Crippen LogP contribution in [0.25, 0.3) is 10.9 Å². The molecule has 0 bridgehead atoms. The molecular formula is C24H30F2N4O2. The summed E-state index contributed by atoms with van der Waals surface area (Å²) in [7, 11) is 0. The number of nitrogens with zero attached hydrogens (tertiary/aromatic N) is 3. The Bertz CT molecular complexity index is 945. The number of rotatable bonds is 6. The molecule has 2 aliphatic rings. The van der Waals surface area contributed by atoms with Gasteiger partial charge in [-0.2, -0.15) is 0 Å². The van der Waals surface area contributed by atoms with E-state index in [1.165, 1.54) is 5.56 Å². The third kappa shape index (κ3) is 5.79. The maximum absolute atomic E-state index is 13.2. The zero-order valence-corrected chi connectivity index (χ0v) is 18.2. The topological polar surface area (TPSA) is 65.5 Å². The molecule has 2 amide bonds. The summed E-state index contributed by atoms with van der Waals surface area (Å²) in [5, 5.41) is 3.83. The fourth-order valence-corrected chi connectivity index (χ4v) is 4.63. The number of halogens is 2. The standard InChI is InChI=1S/C24H30F2N4O2/c25-24(26)8-6-18(7-9-24)15-22(31)28-16-23(32)30-13-11-29(12-14-30)17-19-3-1-5-21-20(19)4-2-10-27-21/h1-5,10,18H,6-9,11-17H2,(H,28,31). The first-order valence-corrected chi connectivity index (χ1v) is 11.4. The second-order valence-corrected chi connectivity index (χ2v) is 8.92. The highest BCUT2D eigenvalue weighted by molar-refractivity contribution is 5.85. The van der Waals surface area contributed by atoms with Gasteiger partial charge in [0, 0.05) is 63.6 Å². The monoisotopic (exact) mass is 444 g/mol. The Labute approximate surface area is 187 Å². The highest BCUT2D eigenvalue weighted by atomic mass is 19.3. The van der Waals surface area contributed by atoms with Crippen molar-refractivity contribution in [3.63, 3.8) is 0 Å². The lowest BCUT2D eigenvalue weighted by Crippen LogP contribution is -2.50. The van der Waals surface area contributed by atoms with Crippen LogP contribution in [-0.4, -0.2) is 65.2 Å². The summed E-state index contributed by atoms with van der Waals surface area (Å²) >= 11 is 0. The second kappa shape index (κ2) is 9.90. The molecule has 1 aliphatic carbocycles. The van der Waals surface area contributed by atoms with Gasteiger partial charge in [-0.25, -0.2) is 8.78 Å². The number of aromatic nitrogens is 1. The molecule has 4 rings (SSSR count). The number of alkyl halides is 2. The Balaban J connectivity index is 1.19. The van der Waals surface area contributed by atoms with Gasteiger partial charge in [0.15, 0.2) is 0 Å². The van der Waals surface area contributed by atoms with Crippen molar-refractivity contribution in [2.75, 3.05) is 32.7 Å². The predicted octanol–water partition coefficient (Wildman–Crippen LogP) is 3.21. The summed E-state index contributed by atoms with van der Waals surface area (Å²) in [4.78, 5) is 33.2. The van der Waals surface area contributed by atoms with Gasteiger partial charge in [-0.1, -0.05) is 18.2 Å². The SMILES string of the molecule is O=C(CC1CCC(F)(F)CC1)NCC(=O)N1CCN(Cc2cccc3ncccc23)CC1. The number of carbonyl (C=O) groups is 2. The fourth-order valence-electron chi connectivity index (χ4n) is 4.63. The van der Waals surface area contributed by atoms with Crippen LogP contribution in [0, 0.1) is 5.92 Å². The van der Waals surface area contributed by atoms with E-state index >= 15 is 0 Å². The van der Waals surface area contributed by atoms with E-state index in [-0.39, 0.29) is 43.5 Å². The Kier molecular flexibility index (Phi) is 6.98. The van der Waals surface area contributed by atoms with Crippen molar-refractivity contribution in [1.82, 2.24) is 20.1 Å². The van der Waals surface area contributed by atoms with E-state index in [9.17, 15) is 18.4 Å². The molecule has 32 heavy (non-hydrogen) atoms. The van der Waals surface area contributed by atoms with Gasteiger partial charge in [-0.15, -0.1) is 0 Å². The number of amides is 2. The second-order valence-electron chi connectivity index (χ2n) is 8.92. The van der Waals surface area contributed by atoms with Gasteiger partial charge >= 0.3 is 0 Å². The summed E-state index contributed by atoms with van der Waals surface area (Å²) in [5.74, 6) is -2.92. The van der Waals surface area contributed by atoms with Crippen molar-refractivity contribution < 1.29 is 18.4 Å². The number of hydrogen-bond acceptors (Lipinski definition) is 4. The average molecular weight is 445 g/mol. The van der Waals surface area contributed by atoms with Crippen LogP contribution in [0.4, 0.5) is 8.78 Å². The maximum atomic E-state index is 13.2. The van der Waals surface area contributed by atoms with Crippen molar-refractivity contribution in [2.24, 2.45) is 5.92 Å². The first-order valence-electron chi connectivity index (χ1n) is 11.4. The molecule has 172 valence electrons. The molecule has 1 aliphatic heterocycles. The van der Waals surface area contributed by atoms with Gasteiger partial charge < -0.3 is 10.2 Å². The van der Waals surface area contributed by atoms with E-state index in [2.05, 4.69) is 27.3 Å². The summed E-state index contributed by atoms with van der Waals surface area (Å²) < 4.78 is 26.5. The largest absolute Gasteiger partial charge is 0.347 e. The molecule has 0 unspecified atom stereocenters. The van der Waals surface area contributed by atoms with E-state index in [0.29, 0.717) is 25.9 Å². The fraction of sp³-hybridized carbons (Fsp3) is 0.542. The van der Waals surface area contributed by atoms with Crippen molar-refractivity contribution in [2.45, 2.75) is 44.6 Å². The molecule has 2 heterocycles. The van der Waals surface area contributed by atoms with Crippen LogP contribution in [0.1, 0.15) is 37.7 Å². The van der Waals surface area contributed by atoms with Crippen LogP contribution in [0.15, 0.2) is 36.5 Å². The van der Waals surface area contributed by atoms with Gasteiger partial charge in [-0.05, 0) is 36.5 Å². The molecule has 2 aromatic rings. The Morgan fingerprint density at radius 3 is 2.56 bits per heavy atom. The van der Waals surface area contributed by atoms with Crippen molar-refractivity contribution in [3.8, 4) is 0 Å². The summed E-state index contributed by atoms with van der Waals surface area (Å²) in [6.07, 6.45) is 2.44. The number of carbonyl (C=O) groups excluding carboxylic acids is 2. The highest BCUT2D eigenvalue weighted by Gasteiger charge is 2.35. The smallest absolute Gasteiger partial charge is 0.248 e. The maximum Gasteiger partial charge on any atom is 0.248 e. The van der Waals surface area contributed by atoms with E-state index in [1.807, 2.05) is 18.2 Å². The number of pyridine rings is 1. The number of fused-ring (bicyclic) bond motifs is 1. The lowest BCUT2D eigenvalue weighted by atomic mass is 9.84. The van der Waals surface area contributed by atoms with Gasteiger partial charge in [0.05, 0.1) is 12.1 Å². The minimum absolute atomic E-state index is 0.0162. The molecule has 1 aromatic carbocycles. The number of piperazine rings is 1. The van der Waals surface area contributed by atoms with Crippen LogP contribution < -0.4 is 5.32 Å². The highest BCUT2D eigenvalue weighted by Crippen LogP contribution is 2.37. The van der Waals surface area contributed by atoms with Crippen LogP contribution in [0.5, 0.6) is 0 Å². The molecule has 0 atom stereocenters. The lowest BCUT2D eigenvalue weighted by molar-refractivity contribution is -0.134. The van der Waals surface area contributed by atoms with E-state index in [1.54, 1.807) is 11.1 Å². The molecule has 6 nitrogen and oxygen atoms in total. The van der Waals surface area contributed by atoms with Crippen molar-refractivity contribution in [3.05, 3.63) is 42.1 Å². The predicted molar refractivity (Wildman–Crippen MR) is 118 cm³/mol. The van der Waals surface area contributed by atoms with Crippen molar-refractivity contribution in [1.29, 1.82) is 0 Å². The third-order valence-corrected chi connectivity index (χ3v) is 6.60. The molecule has 2 fully saturated rings. The van der Waals surface area contributed by atoms with Crippen LogP contribution >= 0.6 is 0 Å². The van der Waals surface area contributed by atoms with Crippen LogP contribution in [0.2, 0.25) is 0 Å². The molecule has 1 saturated carbocycles. The number of nitrogens with one attached hydrogen (secondary N) is 1. The third-order valence-electron chi connectivity index (χ3n) is 6.60. The molecule has 1 saturated heterocycles. The molecule has 0 radical (unpaired) electrons. The number of benzene rings is 1. The number of hydrogen-bond donors (Lipinski definition) is 1. The van der Waals surface area contributed by atoms with Crippen LogP contribution in [-0.2, 0) is 16.1 Å². The molecule has 1 aromatic heterocycles. The Morgan fingerprint density at radius 1 is 1.06 bits per heavy atom. The molecular weight excluding hydrogens is 414 g/mol. The van der Waals surface area contributed by atoms with Gasteiger partial charge in [0.25, 0.3) is 0 Å². The van der Waals surface area contributed by atoms with Gasteiger partial charge in [0.1, 0.15) is 0 Å². The quantitative estimate of drug-likeness (QED) is 0.743.